The first-order valence-corrected chi connectivity index (χ1v) is 3.60. The minimum absolute atomic E-state index is 0.566. The van der Waals surface area contributed by atoms with Gasteiger partial charge in [0.1, 0.15) is 0 Å². The Labute approximate surface area is 50.6 Å². The van der Waals surface area contributed by atoms with Gasteiger partial charge in [0.15, 0.2) is 0 Å². The van der Waals surface area contributed by atoms with Crippen LogP contribution in [0.2, 0.25) is 0 Å². The van der Waals surface area contributed by atoms with E-state index in [1.807, 2.05) is 6.92 Å². The molecule has 0 aliphatic heterocycles. The van der Waals surface area contributed by atoms with Crippen LogP contribution in [0.15, 0.2) is 0 Å². The first-order chi connectivity index (χ1) is 3.81. The Morgan fingerprint density at radius 3 is 2.62 bits per heavy atom. The van der Waals surface area contributed by atoms with Gasteiger partial charge in [0.25, 0.3) is 0 Å². The Morgan fingerprint density at radius 1 is 1.62 bits per heavy atom. The van der Waals surface area contributed by atoms with E-state index in [-0.39, 0.29) is 0 Å². The third-order valence-electron chi connectivity index (χ3n) is 0.562. The second-order valence-corrected chi connectivity index (χ2v) is 2.35. The van der Waals surface area contributed by atoms with Crippen molar-refractivity contribution in [2.75, 3.05) is 13.7 Å². The van der Waals surface area contributed by atoms with Gasteiger partial charge in [0, 0.05) is 7.11 Å². The highest BCUT2D eigenvalue weighted by molar-refractivity contribution is 7.40. The van der Waals surface area contributed by atoms with Gasteiger partial charge < -0.3 is 13.9 Å². The summed E-state index contributed by atoms with van der Waals surface area (Å²) in [6, 6.07) is 0. The SMILES string of the molecule is CCCOP(O)OC. The van der Waals surface area contributed by atoms with E-state index in [1.54, 1.807) is 0 Å². The lowest BCUT2D eigenvalue weighted by Gasteiger charge is -2.04. The van der Waals surface area contributed by atoms with E-state index in [0.717, 1.165) is 6.42 Å². The fraction of sp³-hybridized carbons (Fsp3) is 1.00. The summed E-state index contributed by atoms with van der Waals surface area (Å²) in [6.07, 6.45) is 0.906. The van der Waals surface area contributed by atoms with Crippen molar-refractivity contribution in [1.29, 1.82) is 0 Å². The fourth-order valence-corrected chi connectivity index (χ4v) is 0.666. The summed E-state index contributed by atoms with van der Waals surface area (Å²) in [6.45, 7) is 2.54. The molecule has 0 radical (unpaired) electrons. The molecule has 8 heavy (non-hydrogen) atoms. The van der Waals surface area contributed by atoms with Crippen LogP contribution >= 0.6 is 8.60 Å². The van der Waals surface area contributed by atoms with E-state index in [4.69, 9.17) is 9.42 Å². The van der Waals surface area contributed by atoms with Crippen LogP contribution in [0.5, 0.6) is 0 Å². The molecule has 0 aromatic carbocycles. The molecule has 50 valence electrons. The summed E-state index contributed by atoms with van der Waals surface area (Å²) in [4.78, 5) is 8.61. The van der Waals surface area contributed by atoms with E-state index >= 15 is 0 Å². The maximum Gasteiger partial charge on any atom is 0.329 e. The van der Waals surface area contributed by atoms with Crippen LogP contribution in [0, 0.1) is 0 Å². The van der Waals surface area contributed by atoms with Crippen molar-refractivity contribution in [2.24, 2.45) is 0 Å². The molecule has 0 aromatic heterocycles. The molecule has 0 amide bonds. The maximum atomic E-state index is 8.61. The zero-order chi connectivity index (χ0) is 6.41. The van der Waals surface area contributed by atoms with E-state index in [9.17, 15) is 0 Å². The molecule has 0 rings (SSSR count). The molecule has 0 aliphatic rings. The summed E-state index contributed by atoms with van der Waals surface area (Å²) in [5, 5.41) is 0. The van der Waals surface area contributed by atoms with E-state index < -0.39 is 8.60 Å². The Bertz CT molecular complexity index is 50.5. The Kier molecular flexibility index (Phi) is 5.66. The summed E-state index contributed by atoms with van der Waals surface area (Å²) < 4.78 is 9.19. The highest BCUT2D eigenvalue weighted by Gasteiger charge is 1.99. The molecule has 0 saturated carbocycles. The lowest BCUT2D eigenvalue weighted by atomic mass is 10.5. The Hall–Kier alpha value is 0.310. The van der Waals surface area contributed by atoms with Crippen LogP contribution in [0.4, 0.5) is 0 Å². The van der Waals surface area contributed by atoms with Gasteiger partial charge >= 0.3 is 8.60 Å². The maximum absolute atomic E-state index is 8.61. The molecule has 1 N–H and O–H groups in total. The van der Waals surface area contributed by atoms with Crippen molar-refractivity contribution in [2.45, 2.75) is 13.3 Å². The highest BCUT2D eigenvalue weighted by Crippen LogP contribution is 2.30. The van der Waals surface area contributed by atoms with Gasteiger partial charge in [-0.05, 0) is 6.42 Å². The normalized spacial score (nSPS) is 13.9. The average Bonchev–Trinajstić information content (AvgIpc) is 1.83. The first kappa shape index (κ1) is 8.31. The molecule has 0 spiro atoms. The lowest BCUT2D eigenvalue weighted by molar-refractivity contribution is 0.229. The smallest absolute Gasteiger partial charge is 0.328 e. The number of hydrogen-bond acceptors (Lipinski definition) is 3. The second kappa shape index (κ2) is 5.45. The minimum Gasteiger partial charge on any atom is -0.328 e. The molecule has 0 fully saturated rings. The molecule has 0 aliphatic carbocycles. The third-order valence-corrected chi connectivity index (χ3v) is 1.28. The summed E-state index contributed by atoms with van der Waals surface area (Å²) in [5.41, 5.74) is 0. The Morgan fingerprint density at radius 2 is 2.25 bits per heavy atom. The molecule has 1 unspecified atom stereocenters. The topological polar surface area (TPSA) is 38.7 Å². The van der Waals surface area contributed by atoms with E-state index in [1.165, 1.54) is 7.11 Å². The summed E-state index contributed by atoms with van der Waals surface area (Å²) in [7, 11) is -0.166. The van der Waals surface area contributed by atoms with Crippen molar-refractivity contribution in [3.8, 4) is 0 Å². The van der Waals surface area contributed by atoms with Gasteiger partial charge in [-0.1, -0.05) is 6.92 Å². The van der Waals surface area contributed by atoms with Crippen molar-refractivity contribution in [3.63, 3.8) is 0 Å². The van der Waals surface area contributed by atoms with Crippen LogP contribution in [0.1, 0.15) is 13.3 Å². The molecule has 0 aromatic rings. The van der Waals surface area contributed by atoms with E-state index in [0.29, 0.717) is 6.61 Å². The lowest BCUT2D eigenvalue weighted by Crippen LogP contribution is -1.86. The largest absolute Gasteiger partial charge is 0.329 e. The molecular formula is C4H11O3P. The summed E-state index contributed by atoms with van der Waals surface area (Å²) in [5.74, 6) is 0. The Balaban J connectivity index is 2.86. The van der Waals surface area contributed by atoms with Gasteiger partial charge in [0.2, 0.25) is 0 Å². The molecule has 0 bridgehead atoms. The van der Waals surface area contributed by atoms with Crippen molar-refractivity contribution >= 4 is 8.60 Å². The third kappa shape index (κ3) is 4.47. The van der Waals surface area contributed by atoms with Crippen LogP contribution in [-0.4, -0.2) is 18.6 Å². The molecule has 3 nitrogen and oxygen atoms in total. The summed E-state index contributed by atoms with van der Waals surface area (Å²) >= 11 is 0. The number of hydrogen-bond donors (Lipinski definition) is 1. The fourth-order valence-electron chi connectivity index (χ4n) is 0.222. The zero-order valence-electron chi connectivity index (χ0n) is 5.13. The second-order valence-electron chi connectivity index (χ2n) is 1.25. The standard InChI is InChI=1S/C4H11O3P/c1-3-4-7-8(5)6-2/h5H,3-4H2,1-2H3. The predicted molar refractivity (Wildman–Crippen MR) is 32.4 cm³/mol. The minimum atomic E-state index is -1.58. The number of rotatable bonds is 4. The van der Waals surface area contributed by atoms with Crippen molar-refractivity contribution < 1.29 is 13.9 Å². The molecule has 1 atom stereocenters. The molecule has 0 saturated heterocycles. The van der Waals surface area contributed by atoms with Gasteiger partial charge in [-0.25, -0.2) is 0 Å². The predicted octanol–water partition coefficient (Wildman–Crippen LogP) is 1.28. The van der Waals surface area contributed by atoms with Gasteiger partial charge in [-0.2, -0.15) is 0 Å². The quantitative estimate of drug-likeness (QED) is 0.594. The molecule has 4 heteroatoms. The van der Waals surface area contributed by atoms with Crippen LogP contribution in [0.3, 0.4) is 0 Å². The average molecular weight is 138 g/mol. The van der Waals surface area contributed by atoms with Gasteiger partial charge in [0.05, 0.1) is 6.61 Å². The zero-order valence-corrected chi connectivity index (χ0v) is 6.02. The van der Waals surface area contributed by atoms with Gasteiger partial charge in [-0.3, -0.25) is 0 Å². The highest BCUT2D eigenvalue weighted by atomic mass is 31.2. The molecular weight excluding hydrogens is 127 g/mol. The van der Waals surface area contributed by atoms with Crippen LogP contribution in [-0.2, 0) is 9.05 Å². The van der Waals surface area contributed by atoms with Crippen molar-refractivity contribution in [1.82, 2.24) is 0 Å². The monoisotopic (exact) mass is 138 g/mol. The van der Waals surface area contributed by atoms with Gasteiger partial charge in [-0.15, -0.1) is 0 Å². The van der Waals surface area contributed by atoms with Crippen LogP contribution in [0.25, 0.3) is 0 Å². The van der Waals surface area contributed by atoms with Crippen LogP contribution < -0.4 is 0 Å². The van der Waals surface area contributed by atoms with E-state index in [2.05, 4.69) is 4.52 Å². The first-order valence-electron chi connectivity index (χ1n) is 2.47. The van der Waals surface area contributed by atoms with Crippen molar-refractivity contribution in [3.05, 3.63) is 0 Å². The molecule has 0 heterocycles.